The van der Waals surface area contributed by atoms with Gasteiger partial charge in [0.1, 0.15) is 5.69 Å². The third-order valence-electron chi connectivity index (χ3n) is 6.29. The molecular weight excluding hydrogens is 501 g/mol. The minimum absolute atomic E-state index is 0.0532. The monoisotopic (exact) mass is 531 g/mol. The zero-order valence-corrected chi connectivity index (χ0v) is 22.2. The van der Waals surface area contributed by atoms with Crippen LogP contribution >= 0.6 is 0 Å². The van der Waals surface area contributed by atoms with Crippen molar-refractivity contribution in [2.75, 3.05) is 18.5 Å². The van der Waals surface area contributed by atoms with Crippen molar-refractivity contribution in [3.63, 3.8) is 0 Å². The lowest BCUT2D eigenvalue weighted by molar-refractivity contribution is 0.0994. The van der Waals surface area contributed by atoms with Gasteiger partial charge in [-0.1, -0.05) is 6.07 Å². The summed E-state index contributed by atoms with van der Waals surface area (Å²) in [6.45, 7) is 5.76. The average Bonchev–Trinajstić information content (AvgIpc) is 3.29. The molecule has 0 atom stereocenters. The first-order valence-electron chi connectivity index (χ1n) is 12.4. The molecule has 4 aromatic rings. The zero-order chi connectivity index (χ0) is 28.3. The maximum atomic E-state index is 14.6. The summed E-state index contributed by atoms with van der Waals surface area (Å²) in [7, 11) is 1.87. The number of rotatable bonds is 10. The number of carbonyl (C=O) groups is 2. The lowest BCUT2D eigenvalue weighted by atomic mass is 10.1. The molecule has 0 bridgehead atoms. The van der Waals surface area contributed by atoms with Gasteiger partial charge in [0.2, 0.25) is 0 Å². The van der Waals surface area contributed by atoms with Crippen LogP contribution in [0.15, 0.2) is 65.6 Å². The van der Waals surface area contributed by atoms with Gasteiger partial charge in [0.15, 0.2) is 23.5 Å². The van der Waals surface area contributed by atoms with Crippen molar-refractivity contribution in [3.8, 4) is 17.1 Å². The second-order valence-corrected chi connectivity index (χ2v) is 9.44. The van der Waals surface area contributed by atoms with Crippen molar-refractivity contribution < 1.29 is 18.7 Å². The highest BCUT2D eigenvalue weighted by atomic mass is 19.1. The summed E-state index contributed by atoms with van der Waals surface area (Å²) in [5.74, 6) is -1.33. The number of carbonyl (C=O) groups excluding carboxylic acids is 2. The van der Waals surface area contributed by atoms with Gasteiger partial charge in [-0.15, -0.1) is 0 Å². The Bertz CT molecular complexity index is 1570. The van der Waals surface area contributed by atoms with Crippen LogP contribution in [0, 0.1) is 12.7 Å². The van der Waals surface area contributed by atoms with Crippen LogP contribution in [0.2, 0.25) is 0 Å². The van der Waals surface area contributed by atoms with Gasteiger partial charge < -0.3 is 15.4 Å². The molecule has 0 saturated carbocycles. The second kappa shape index (κ2) is 11.3. The quantitative estimate of drug-likeness (QED) is 0.311. The molecule has 0 unspecified atom stereocenters. The number of pyridine rings is 1. The number of hydrogen-bond donors (Lipinski definition) is 1. The number of likely N-dealkylation sites (N-methyl/N-ethyl adjacent to an activating group) is 1. The molecule has 0 fully saturated rings. The van der Waals surface area contributed by atoms with Crippen LogP contribution in [0.25, 0.3) is 11.4 Å². The Morgan fingerprint density at radius 3 is 2.46 bits per heavy atom. The topological polar surface area (TPSA) is 112 Å². The lowest BCUT2D eigenvalue weighted by Crippen LogP contribution is -2.23. The van der Waals surface area contributed by atoms with Gasteiger partial charge in [-0.05, 0) is 69.7 Å². The van der Waals surface area contributed by atoms with Crippen molar-refractivity contribution in [2.24, 2.45) is 5.73 Å². The van der Waals surface area contributed by atoms with E-state index in [1.54, 1.807) is 43.7 Å². The molecule has 4 rings (SSSR count). The summed E-state index contributed by atoms with van der Waals surface area (Å²) in [6, 6.07) is 15.2. The summed E-state index contributed by atoms with van der Waals surface area (Å²) in [6.07, 6.45) is 2.36. The molecule has 2 aromatic heterocycles. The average molecular weight is 532 g/mol. The van der Waals surface area contributed by atoms with Crippen LogP contribution in [0.4, 0.5) is 10.1 Å². The third-order valence-corrected chi connectivity index (χ3v) is 6.29. The molecule has 0 saturated heterocycles. The first-order chi connectivity index (χ1) is 18.6. The van der Waals surface area contributed by atoms with Crippen LogP contribution in [0.5, 0.6) is 5.75 Å². The highest BCUT2D eigenvalue weighted by Gasteiger charge is 2.23. The number of benzene rings is 2. The largest absolute Gasteiger partial charge is 0.488 e. The lowest BCUT2D eigenvalue weighted by Gasteiger charge is -2.20. The van der Waals surface area contributed by atoms with E-state index in [0.717, 1.165) is 11.4 Å². The summed E-state index contributed by atoms with van der Waals surface area (Å²) in [5.41, 5.74) is 8.44. The Morgan fingerprint density at radius 1 is 1.15 bits per heavy atom. The van der Waals surface area contributed by atoms with Crippen LogP contribution in [-0.2, 0) is 6.42 Å². The van der Waals surface area contributed by atoms with Crippen molar-refractivity contribution in [2.45, 2.75) is 33.3 Å². The molecule has 39 heavy (non-hydrogen) atoms. The normalized spacial score (nSPS) is 11.0. The molecule has 202 valence electrons. The summed E-state index contributed by atoms with van der Waals surface area (Å²) in [4.78, 5) is 38.7. The Labute approximate surface area is 225 Å². The minimum Gasteiger partial charge on any atom is -0.488 e. The van der Waals surface area contributed by atoms with Crippen molar-refractivity contribution >= 4 is 17.9 Å². The molecular formula is C29H30FN5O4. The number of anilines is 1. The number of aldehydes is 1. The van der Waals surface area contributed by atoms with Gasteiger partial charge in [-0.25, -0.2) is 9.07 Å². The number of amides is 1. The van der Waals surface area contributed by atoms with E-state index >= 15 is 0 Å². The van der Waals surface area contributed by atoms with Crippen LogP contribution in [0.1, 0.15) is 46.0 Å². The number of primary amides is 1. The number of halogens is 1. The molecule has 10 heteroatoms. The minimum atomic E-state index is -0.789. The summed E-state index contributed by atoms with van der Waals surface area (Å²) >= 11 is 0. The van der Waals surface area contributed by atoms with E-state index in [1.807, 2.05) is 42.3 Å². The molecule has 0 spiro atoms. The fraction of sp³-hybridized carbons (Fsp3) is 0.241. The molecule has 0 radical (unpaired) electrons. The number of nitrogens with two attached hydrogens (primary N) is 1. The second-order valence-electron chi connectivity index (χ2n) is 9.44. The van der Waals surface area contributed by atoms with E-state index in [-0.39, 0.29) is 40.9 Å². The number of aryl methyl sites for hydroxylation is 1. The smallest absolute Gasteiger partial charge is 0.269 e. The third kappa shape index (κ3) is 5.74. The summed E-state index contributed by atoms with van der Waals surface area (Å²) in [5, 5.41) is 4.25. The van der Waals surface area contributed by atoms with E-state index < -0.39 is 11.7 Å². The first kappa shape index (κ1) is 27.3. The van der Waals surface area contributed by atoms with E-state index in [2.05, 4.69) is 5.10 Å². The van der Waals surface area contributed by atoms with Crippen molar-refractivity contribution in [3.05, 3.63) is 99.5 Å². The van der Waals surface area contributed by atoms with E-state index in [1.165, 1.54) is 16.8 Å². The summed E-state index contributed by atoms with van der Waals surface area (Å²) < 4.78 is 22.9. The highest BCUT2D eigenvalue weighted by Crippen LogP contribution is 2.25. The maximum Gasteiger partial charge on any atom is 0.269 e. The Morgan fingerprint density at radius 2 is 1.85 bits per heavy atom. The Balaban J connectivity index is 1.58. The zero-order valence-electron chi connectivity index (χ0n) is 22.2. The fourth-order valence-corrected chi connectivity index (χ4v) is 4.28. The van der Waals surface area contributed by atoms with Crippen molar-refractivity contribution in [1.29, 1.82) is 0 Å². The molecule has 1 amide bonds. The standard InChI is InChI=1S/C29H30FN5O4/c1-18(2)39-26-12-11-22(16-24(26)30)35-25(17-36)23(27(32-35)28(31)37)13-15-33(4)20-7-9-21(10-8-20)34-14-5-6-19(3)29(34)38/h5-12,14,16-18H,13,15H2,1-4H3,(H2,31,37). The number of hydrogen-bond acceptors (Lipinski definition) is 6. The van der Waals surface area contributed by atoms with Crippen LogP contribution in [0.3, 0.4) is 0 Å². The SMILES string of the molecule is Cc1cccn(-c2ccc(N(C)CCc3c(C(N)=O)nn(-c4ccc(OC(C)C)c(F)c4)c3C=O)cc2)c1=O. The van der Waals surface area contributed by atoms with Crippen LogP contribution < -0.4 is 20.9 Å². The van der Waals surface area contributed by atoms with E-state index in [4.69, 9.17) is 10.5 Å². The van der Waals surface area contributed by atoms with Gasteiger partial charge in [0.25, 0.3) is 11.5 Å². The van der Waals surface area contributed by atoms with Gasteiger partial charge in [0, 0.05) is 48.4 Å². The predicted molar refractivity (Wildman–Crippen MR) is 147 cm³/mol. The van der Waals surface area contributed by atoms with Gasteiger partial charge in [-0.2, -0.15) is 5.10 Å². The Hall–Kier alpha value is -4.73. The first-order valence-corrected chi connectivity index (χ1v) is 12.4. The maximum absolute atomic E-state index is 14.6. The van der Waals surface area contributed by atoms with E-state index in [0.29, 0.717) is 24.0 Å². The number of aromatic nitrogens is 3. The van der Waals surface area contributed by atoms with E-state index in [9.17, 15) is 18.8 Å². The van der Waals surface area contributed by atoms with Gasteiger partial charge in [0.05, 0.1) is 11.8 Å². The van der Waals surface area contributed by atoms with Crippen LogP contribution in [-0.4, -0.2) is 46.2 Å². The molecule has 0 aliphatic rings. The van der Waals surface area contributed by atoms with Crippen molar-refractivity contribution in [1.82, 2.24) is 14.3 Å². The highest BCUT2D eigenvalue weighted by molar-refractivity contribution is 5.95. The molecule has 2 N–H and O–H groups in total. The molecule has 9 nitrogen and oxygen atoms in total. The van der Waals surface area contributed by atoms with Gasteiger partial charge in [-0.3, -0.25) is 19.0 Å². The molecule has 2 aromatic carbocycles. The predicted octanol–water partition coefficient (Wildman–Crippen LogP) is 3.85. The fourth-order valence-electron chi connectivity index (χ4n) is 4.28. The molecule has 0 aliphatic heterocycles. The molecule has 2 heterocycles. The number of ether oxygens (including phenoxy) is 1. The van der Waals surface area contributed by atoms with Gasteiger partial charge >= 0.3 is 0 Å². The molecule has 0 aliphatic carbocycles. The Kier molecular flexibility index (Phi) is 7.94. The number of nitrogens with zero attached hydrogens (tertiary/aromatic N) is 4.